The van der Waals surface area contributed by atoms with Crippen LogP contribution in [0.3, 0.4) is 0 Å². The van der Waals surface area contributed by atoms with Crippen molar-refractivity contribution in [2.24, 2.45) is 0 Å². The van der Waals surface area contributed by atoms with E-state index in [2.05, 4.69) is 15.5 Å². The highest BCUT2D eigenvalue weighted by Gasteiger charge is 2.49. The molecule has 0 aromatic heterocycles. The van der Waals surface area contributed by atoms with Crippen LogP contribution in [0.4, 0.5) is 16.2 Å². The summed E-state index contributed by atoms with van der Waals surface area (Å²) in [6.07, 6.45) is 0.760. The molecule has 0 radical (unpaired) electrons. The fourth-order valence-corrected chi connectivity index (χ4v) is 4.43. The van der Waals surface area contributed by atoms with Gasteiger partial charge in [0, 0.05) is 30.9 Å². The third kappa shape index (κ3) is 4.61. The number of hydrogen-bond donors (Lipinski definition) is 2. The van der Waals surface area contributed by atoms with Crippen LogP contribution in [0.1, 0.15) is 18.9 Å². The topological polar surface area (TPSA) is 109 Å². The smallest absolute Gasteiger partial charge is 0.325 e. The standard InChI is InChI=1S/C25H28N4O6/c1-25(17-3-8-20-21(15-17)35-12-2-11-34-20)23(31)29(24(32)27-25)16-22(30)26-18-4-6-19(7-5-18)28-9-13-33-14-10-28/h3-8,15H,2,9-14,16H2,1H3,(H,26,30)(H,27,32)/t25-/m0/s1. The average Bonchev–Trinajstić information content (AvgIpc) is 3.03. The van der Waals surface area contributed by atoms with Gasteiger partial charge >= 0.3 is 6.03 Å². The predicted octanol–water partition coefficient (Wildman–Crippen LogP) is 2.09. The van der Waals surface area contributed by atoms with Gasteiger partial charge in [0.2, 0.25) is 5.91 Å². The number of nitrogens with one attached hydrogen (secondary N) is 2. The summed E-state index contributed by atoms with van der Waals surface area (Å²) < 4.78 is 16.8. The highest BCUT2D eigenvalue weighted by atomic mass is 16.5. The van der Waals surface area contributed by atoms with Gasteiger partial charge < -0.3 is 29.7 Å². The summed E-state index contributed by atoms with van der Waals surface area (Å²) in [6, 6.07) is 12.0. The van der Waals surface area contributed by atoms with Gasteiger partial charge in [0.05, 0.1) is 26.4 Å². The Morgan fingerprint density at radius 1 is 1.00 bits per heavy atom. The zero-order valence-corrected chi connectivity index (χ0v) is 19.5. The number of amides is 4. The van der Waals surface area contributed by atoms with Crippen molar-refractivity contribution in [2.45, 2.75) is 18.9 Å². The Kier molecular flexibility index (Phi) is 6.21. The van der Waals surface area contributed by atoms with Gasteiger partial charge in [0.15, 0.2) is 11.5 Å². The molecular weight excluding hydrogens is 452 g/mol. The van der Waals surface area contributed by atoms with Crippen LogP contribution in [-0.4, -0.2) is 68.8 Å². The Hall–Kier alpha value is -3.79. The molecule has 0 spiro atoms. The number of hydrogen-bond acceptors (Lipinski definition) is 7. The second kappa shape index (κ2) is 9.46. The minimum Gasteiger partial charge on any atom is -0.490 e. The van der Waals surface area contributed by atoms with Crippen LogP contribution in [-0.2, 0) is 19.9 Å². The fraction of sp³-hybridized carbons (Fsp3) is 0.400. The van der Waals surface area contributed by atoms with E-state index in [1.165, 1.54) is 0 Å². The molecular formula is C25H28N4O6. The van der Waals surface area contributed by atoms with Crippen LogP contribution in [0.25, 0.3) is 0 Å². The number of rotatable bonds is 5. The van der Waals surface area contributed by atoms with Gasteiger partial charge in [-0.05, 0) is 48.9 Å². The molecule has 3 heterocycles. The fourth-order valence-electron chi connectivity index (χ4n) is 4.43. The molecule has 3 aliphatic rings. The van der Waals surface area contributed by atoms with Gasteiger partial charge in [-0.3, -0.25) is 14.5 Å². The van der Waals surface area contributed by atoms with Gasteiger partial charge in [-0.1, -0.05) is 6.07 Å². The molecule has 10 heteroatoms. The molecule has 2 saturated heterocycles. The van der Waals surface area contributed by atoms with Crippen LogP contribution in [0.2, 0.25) is 0 Å². The van der Waals surface area contributed by atoms with E-state index in [0.717, 1.165) is 30.1 Å². The van der Waals surface area contributed by atoms with Crippen molar-refractivity contribution in [3.63, 3.8) is 0 Å². The minimum absolute atomic E-state index is 0.393. The Balaban J connectivity index is 1.24. The van der Waals surface area contributed by atoms with E-state index >= 15 is 0 Å². The monoisotopic (exact) mass is 480 g/mol. The van der Waals surface area contributed by atoms with Gasteiger partial charge in [0.25, 0.3) is 5.91 Å². The number of nitrogens with zero attached hydrogens (tertiary/aromatic N) is 2. The Bertz CT molecular complexity index is 1130. The highest BCUT2D eigenvalue weighted by molar-refractivity contribution is 6.10. The first kappa shape index (κ1) is 23.0. The summed E-state index contributed by atoms with van der Waals surface area (Å²) in [6.45, 7) is 5.31. The van der Waals surface area contributed by atoms with E-state index in [9.17, 15) is 14.4 Å². The maximum atomic E-state index is 13.3. The maximum Gasteiger partial charge on any atom is 0.325 e. The number of anilines is 2. The van der Waals surface area contributed by atoms with Crippen molar-refractivity contribution in [3.8, 4) is 11.5 Å². The van der Waals surface area contributed by atoms with Crippen molar-refractivity contribution in [1.29, 1.82) is 0 Å². The largest absolute Gasteiger partial charge is 0.490 e. The Morgan fingerprint density at radius 3 is 2.46 bits per heavy atom. The Labute approximate surface area is 203 Å². The number of ether oxygens (including phenoxy) is 3. The lowest BCUT2D eigenvalue weighted by Crippen LogP contribution is -2.42. The molecule has 0 aliphatic carbocycles. The lowest BCUT2D eigenvalue weighted by molar-refractivity contribution is -0.133. The zero-order chi connectivity index (χ0) is 24.4. The van der Waals surface area contributed by atoms with Gasteiger partial charge in [-0.25, -0.2) is 4.79 Å². The summed E-state index contributed by atoms with van der Waals surface area (Å²) >= 11 is 0. The zero-order valence-electron chi connectivity index (χ0n) is 19.5. The van der Waals surface area contributed by atoms with E-state index in [-0.39, 0.29) is 0 Å². The van der Waals surface area contributed by atoms with Crippen LogP contribution in [0.5, 0.6) is 11.5 Å². The van der Waals surface area contributed by atoms with Crippen LogP contribution >= 0.6 is 0 Å². The number of carbonyl (C=O) groups is 3. The lowest BCUT2D eigenvalue weighted by atomic mass is 9.91. The van der Waals surface area contributed by atoms with Crippen LogP contribution in [0.15, 0.2) is 42.5 Å². The van der Waals surface area contributed by atoms with Crippen molar-refractivity contribution >= 4 is 29.2 Å². The lowest BCUT2D eigenvalue weighted by Gasteiger charge is -2.28. The number of imide groups is 1. The van der Waals surface area contributed by atoms with E-state index in [0.29, 0.717) is 49.2 Å². The molecule has 5 rings (SSSR count). The van der Waals surface area contributed by atoms with E-state index in [1.807, 2.05) is 12.1 Å². The molecule has 1 atom stereocenters. The summed E-state index contributed by atoms with van der Waals surface area (Å²) in [7, 11) is 0. The van der Waals surface area contributed by atoms with E-state index in [4.69, 9.17) is 14.2 Å². The van der Waals surface area contributed by atoms with Crippen LogP contribution < -0.4 is 25.0 Å². The first-order valence-electron chi connectivity index (χ1n) is 11.7. The molecule has 2 aromatic carbocycles. The molecule has 2 N–H and O–H groups in total. The number of morpholine rings is 1. The normalized spacial score (nSPS) is 22.0. The number of urea groups is 1. The maximum absolute atomic E-state index is 13.3. The molecule has 2 fully saturated rings. The van der Waals surface area contributed by atoms with Gasteiger partial charge in [-0.15, -0.1) is 0 Å². The number of fused-ring (bicyclic) bond motifs is 1. The molecule has 184 valence electrons. The predicted molar refractivity (Wildman–Crippen MR) is 128 cm³/mol. The van der Waals surface area contributed by atoms with Gasteiger partial charge in [0.1, 0.15) is 12.1 Å². The summed E-state index contributed by atoms with van der Waals surface area (Å²) in [5.41, 5.74) is 0.875. The molecule has 35 heavy (non-hydrogen) atoms. The molecule has 2 aromatic rings. The number of carbonyl (C=O) groups excluding carboxylic acids is 3. The van der Waals surface area contributed by atoms with Crippen LogP contribution in [0, 0.1) is 0 Å². The molecule has 4 amide bonds. The highest BCUT2D eigenvalue weighted by Crippen LogP contribution is 2.36. The molecule has 0 bridgehead atoms. The van der Waals surface area contributed by atoms with Crippen molar-refractivity contribution in [2.75, 3.05) is 56.3 Å². The average molecular weight is 481 g/mol. The van der Waals surface area contributed by atoms with Gasteiger partial charge in [-0.2, -0.15) is 0 Å². The Morgan fingerprint density at radius 2 is 1.71 bits per heavy atom. The first-order chi connectivity index (χ1) is 16.9. The first-order valence-corrected chi connectivity index (χ1v) is 11.7. The van der Waals surface area contributed by atoms with Crippen molar-refractivity contribution < 1.29 is 28.6 Å². The summed E-state index contributed by atoms with van der Waals surface area (Å²) in [5, 5.41) is 5.49. The number of benzene rings is 2. The third-order valence-electron chi connectivity index (χ3n) is 6.43. The van der Waals surface area contributed by atoms with Crippen molar-refractivity contribution in [3.05, 3.63) is 48.0 Å². The quantitative estimate of drug-likeness (QED) is 0.631. The van der Waals surface area contributed by atoms with Crippen molar-refractivity contribution in [1.82, 2.24) is 10.2 Å². The summed E-state index contributed by atoms with van der Waals surface area (Å²) in [4.78, 5) is 41.7. The minimum atomic E-state index is -1.32. The second-order valence-corrected chi connectivity index (χ2v) is 8.85. The second-order valence-electron chi connectivity index (χ2n) is 8.85. The van der Waals surface area contributed by atoms with E-state index < -0.39 is 29.9 Å². The molecule has 0 unspecified atom stereocenters. The molecule has 3 aliphatic heterocycles. The summed E-state index contributed by atoms with van der Waals surface area (Å²) in [5.74, 6) is 0.160. The van der Waals surface area contributed by atoms with E-state index in [1.54, 1.807) is 37.3 Å². The molecule has 10 nitrogen and oxygen atoms in total. The SMILES string of the molecule is C[C@@]1(c2ccc3c(c2)OCCCO3)NC(=O)N(CC(=O)Nc2ccc(N3CCOCC3)cc2)C1=O. The third-order valence-corrected chi connectivity index (χ3v) is 6.43. The molecule has 0 saturated carbocycles.